The molecule has 144 valence electrons. The second-order valence-electron chi connectivity index (χ2n) is 5.49. The lowest BCUT2D eigenvalue weighted by Gasteiger charge is -2.12. The lowest BCUT2D eigenvalue weighted by Crippen LogP contribution is -2.42. The minimum absolute atomic E-state index is 0.0209. The number of carbonyl (C=O) groups is 2. The van der Waals surface area contributed by atoms with Crippen molar-refractivity contribution in [3.63, 3.8) is 0 Å². The Morgan fingerprint density at radius 1 is 1.07 bits per heavy atom. The number of nitrogens with zero attached hydrogens (tertiary/aromatic N) is 2. The molecule has 27 heavy (non-hydrogen) atoms. The predicted octanol–water partition coefficient (Wildman–Crippen LogP) is 1.14. The molecule has 1 heterocycles. The molecule has 0 bridgehead atoms. The third-order valence-corrected chi connectivity index (χ3v) is 3.55. The van der Waals surface area contributed by atoms with E-state index in [9.17, 15) is 14.4 Å². The summed E-state index contributed by atoms with van der Waals surface area (Å²) in [5, 5.41) is 3.98. The first-order valence-corrected chi connectivity index (χ1v) is 8.49. The zero-order valence-corrected chi connectivity index (χ0v) is 15.4. The van der Waals surface area contributed by atoms with Crippen molar-refractivity contribution in [3.05, 3.63) is 51.9 Å². The number of hydrogen-bond donors (Lipinski definition) is 2. The summed E-state index contributed by atoms with van der Waals surface area (Å²) in [6.45, 7) is 4.60. The molecule has 2 aromatic rings. The Labute approximate surface area is 156 Å². The number of amides is 2. The van der Waals surface area contributed by atoms with Crippen molar-refractivity contribution < 1.29 is 19.1 Å². The lowest BCUT2D eigenvalue weighted by atomic mass is 10.2. The fourth-order valence-corrected chi connectivity index (χ4v) is 2.28. The van der Waals surface area contributed by atoms with Crippen LogP contribution in [0.3, 0.4) is 0 Å². The van der Waals surface area contributed by atoms with Crippen LogP contribution in [0, 0.1) is 0 Å². The normalized spacial score (nSPS) is 10.2. The number of hydrogen-bond acceptors (Lipinski definition) is 6. The Bertz CT molecular complexity index is 878. The van der Waals surface area contributed by atoms with Crippen molar-refractivity contribution in [2.75, 3.05) is 13.7 Å². The summed E-state index contributed by atoms with van der Waals surface area (Å²) >= 11 is 0. The van der Waals surface area contributed by atoms with Gasteiger partial charge in [-0.1, -0.05) is 6.92 Å². The van der Waals surface area contributed by atoms with E-state index in [0.29, 0.717) is 31.1 Å². The Kier molecular flexibility index (Phi) is 6.93. The van der Waals surface area contributed by atoms with Crippen LogP contribution < -0.4 is 25.9 Å². The first-order valence-electron chi connectivity index (χ1n) is 8.49. The molecule has 2 amide bonds. The molecule has 0 saturated carbocycles. The molecular weight excluding hydrogens is 352 g/mol. The molecule has 0 unspecified atom stereocenters. The van der Waals surface area contributed by atoms with E-state index < -0.39 is 11.8 Å². The van der Waals surface area contributed by atoms with Crippen LogP contribution in [0.25, 0.3) is 0 Å². The van der Waals surface area contributed by atoms with Gasteiger partial charge in [0.05, 0.1) is 13.7 Å². The summed E-state index contributed by atoms with van der Waals surface area (Å²) in [5.41, 5.74) is 4.58. The van der Waals surface area contributed by atoms with E-state index in [2.05, 4.69) is 16.0 Å². The standard InChI is InChI=1S/C18H22N4O5/c1-4-10-22-16(23)9-7-13(21-22)18(25)20-19-17(24)12-6-8-14(27-5-2)15(11-12)26-3/h6-9,11H,4-5,10H2,1-3H3,(H,19,24)(H,20,25). The Hall–Kier alpha value is -3.36. The molecule has 2 rings (SSSR count). The van der Waals surface area contributed by atoms with E-state index in [1.807, 2.05) is 13.8 Å². The molecular formula is C18H22N4O5. The molecule has 0 atom stereocenters. The number of hydrazine groups is 1. The summed E-state index contributed by atoms with van der Waals surface area (Å²) < 4.78 is 11.8. The molecule has 1 aromatic heterocycles. The van der Waals surface area contributed by atoms with E-state index in [0.717, 1.165) is 0 Å². The summed E-state index contributed by atoms with van der Waals surface area (Å²) in [6.07, 6.45) is 0.703. The average molecular weight is 374 g/mol. The van der Waals surface area contributed by atoms with E-state index in [4.69, 9.17) is 9.47 Å². The number of ether oxygens (including phenoxy) is 2. The van der Waals surface area contributed by atoms with E-state index in [1.165, 1.54) is 30.0 Å². The van der Waals surface area contributed by atoms with Gasteiger partial charge in [0, 0.05) is 18.2 Å². The highest BCUT2D eigenvalue weighted by molar-refractivity contribution is 5.98. The van der Waals surface area contributed by atoms with Crippen LogP contribution in [0.5, 0.6) is 11.5 Å². The van der Waals surface area contributed by atoms with Crippen LogP contribution in [0.2, 0.25) is 0 Å². The van der Waals surface area contributed by atoms with Crippen molar-refractivity contribution in [1.29, 1.82) is 0 Å². The van der Waals surface area contributed by atoms with Crippen LogP contribution in [0.1, 0.15) is 41.1 Å². The Morgan fingerprint density at radius 3 is 2.48 bits per heavy atom. The topological polar surface area (TPSA) is 112 Å². The second-order valence-corrected chi connectivity index (χ2v) is 5.49. The largest absolute Gasteiger partial charge is 0.493 e. The van der Waals surface area contributed by atoms with Gasteiger partial charge < -0.3 is 9.47 Å². The van der Waals surface area contributed by atoms with Crippen LogP contribution in [0.15, 0.2) is 35.1 Å². The number of benzene rings is 1. The molecule has 0 radical (unpaired) electrons. The van der Waals surface area contributed by atoms with Crippen molar-refractivity contribution >= 4 is 11.8 Å². The maximum absolute atomic E-state index is 12.2. The van der Waals surface area contributed by atoms with Gasteiger partial charge in [-0.05, 0) is 37.6 Å². The van der Waals surface area contributed by atoms with E-state index in [-0.39, 0.29) is 16.8 Å². The molecule has 0 aliphatic heterocycles. The Morgan fingerprint density at radius 2 is 1.81 bits per heavy atom. The summed E-state index contributed by atoms with van der Waals surface area (Å²) in [7, 11) is 1.47. The third-order valence-electron chi connectivity index (χ3n) is 3.55. The van der Waals surface area contributed by atoms with Crippen LogP contribution in [-0.2, 0) is 6.54 Å². The summed E-state index contributed by atoms with van der Waals surface area (Å²) in [5.74, 6) is -0.246. The zero-order valence-electron chi connectivity index (χ0n) is 15.4. The smallest absolute Gasteiger partial charge is 0.290 e. The monoisotopic (exact) mass is 374 g/mol. The number of aryl methyl sites for hydroxylation is 1. The average Bonchev–Trinajstić information content (AvgIpc) is 2.68. The SMILES string of the molecule is CCCn1nc(C(=O)NNC(=O)c2ccc(OCC)c(OC)c2)ccc1=O. The van der Waals surface area contributed by atoms with Gasteiger partial charge in [-0.15, -0.1) is 0 Å². The van der Waals surface area contributed by atoms with Crippen LogP contribution in [0.4, 0.5) is 0 Å². The van der Waals surface area contributed by atoms with Gasteiger partial charge in [0.2, 0.25) is 0 Å². The molecule has 0 aliphatic carbocycles. The second kappa shape index (κ2) is 9.37. The zero-order chi connectivity index (χ0) is 19.8. The fourth-order valence-electron chi connectivity index (χ4n) is 2.28. The van der Waals surface area contributed by atoms with Crippen LogP contribution >= 0.6 is 0 Å². The van der Waals surface area contributed by atoms with E-state index in [1.54, 1.807) is 12.1 Å². The quantitative estimate of drug-likeness (QED) is 0.703. The number of methoxy groups -OCH3 is 1. The molecule has 0 fully saturated rings. The van der Waals surface area contributed by atoms with Crippen molar-refractivity contribution in [1.82, 2.24) is 20.6 Å². The maximum Gasteiger partial charge on any atom is 0.290 e. The molecule has 0 aliphatic rings. The molecule has 2 N–H and O–H groups in total. The first kappa shape index (κ1) is 20.0. The molecule has 1 aromatic carbocycles. The number of rotatable bonds is 7. The highest BCUT2D eigenvalue weighted by Crippen LogP contribution is 2.27. The number of aromatic nitrogens is 2. The lowest BCUT2D eigenvalue weighted by molar-refractivity contribution is 0.0842. The summed E-state index contributed by atoms with van der Waals surface area (Å²) in [4.78, 5) is 36.1. The molecule has 0 saturated heterocycles. The maximum atomic E-state index is 12.2. The highest BCUT2D eigenvalue weighted by Gasteiger charge is 2.14. The molecule has 0 spiro atoms. The van der Waals surface area contributed by atoms with Crippen molar-refractivity contribution in [2.45, 2.75) is 26.8 Å². The molecule has 9 heteroatoms. The number of nitrogens with one attached hydrogen (secondary N) is 2. The van der Waals surface area contributed by atoms with Crippen molar-refractivity contribution in [2.24, 2.45) is 0 Å². The predicted molar refractivity (Wildman–Crippen MR) is 97.9 cm³/mol. The number of carbonyl (C=O) groups excluding carboxylic acids is 2. The first-order chi connectivity index (χ1) is 13.0. The van der Waals surface area contributed by atoms with Crippen molar-refractivity contribution in [3.8, 4) is 11.5 Å². The van der Waals surface area contributed by atoms with Crippen LogP contribution in [-0.4, -0.2) is 35.3 Å². The van der Waals surface area contributed by atoms with Gasteiger partial charge in [-0.25, -0.2) is 4.68 Å². The third kappa shape index (κ3) is 5.06. The summed E-state index contributed by atoms with van der Waals surface area (Å²) in [6, 6.07) is 7.23. The van der Waals surface area contributed by atoms with Gasteiger partial charge >= 0.3 is 0 Å². The van der Waals surface area contributed by atoms with Gasteiger partial charge in [0.1, 0.15) is 0 Å². The molecule has 9 nitrogen and oxygen atoms in total. The minimum atomic E-state index is -0.633. The fraction of sp³-hybridized carbons (Fsp3) is 0.333. The van der Waals surface area contributed by atoms with Gasteiger partial charge in [-0.2, -0.15) is 5.10 Å². The minimum Gasteiger partial charge on any atom is -0.493 e. The van der Waals surface area contributed by atoms with Gasteiger partial charge in [0.15, 0.2) is 17.2 Å². The van der Waals surface area contributed by atoms with Gasteiger partial charge in [0.25, 0.3) is 17.4 Å². The Balaban J connectivity index is 2.05. The van der Waals surface area contributed by atoms with Gasteiger partial charge in [-0.3, -0.25) is 25.2 Å². The highest BCUT2D eigenvalue weighted by atomic mass is 16.5. The van der Waals surface area contributed by atoms with E-state index >= 15 is 0 Å².